The minimum Gasteiger partial charge on any atom is -0.381 e. The molecule has 0 bridgehead atoms. The molecule has 1 N–H and O–H groups in total. The lowest BCUT2D eigenvalue weighted by Gasteiger charge is -2.15. The van der Waals surface area contributed by atoms with Gasteiger partial charge in [0.1, 0.15) is 0 Å². The first-order chi connectivity index (χ1) is 8.50. The average Bonchev–Trinajstić information content (AvgIpc) is 3.12. The molecule has 5 heteroatoms. The van der Waals surface area contributed by atoms with Crippen molar-refractivity contribution in [2.24, 2.45) is 5.41 Å². The zero-order valence-corrected chi connectivity index (χ0v) is 10.8. The summed E-state index contributed by atoms with van der Waals surface area (Å²) in [4.78, 5) is 11.8. The van der Waals surface area contributed by atoms with Crippen molar-refractivity contribution in [3.63, 3.8) is 0 Å². The van der Waals surface area contributed by atoms with E-state index in [2.05, 4.69) is 16.5 Å². The Hall–Kier alpha value is -1.83. The van der Waals surface area contributed by atoms with Crippen molar-refractivity contribution in [3.8, 4) is 6.07 Å². The van der Waals surface area contributed by atoms with Crippen LogP contribution < -0.4 is 10.9 Å². The van der Waals surface area contributed by atoms with Crippen molar-refractivity contribution >= 4 is 5.69 Å². The van der Waals surface area contributed by atoms with Crippen LogP contribution in [0.15, 0.2) is 17.1 Å². The summed E-state index contributed by atoms with van der Waals surface area (Å²) in [6.45, 7) is 4.20. The van der Waals surface area contributed by atoms with E-state index < -0.39 is 5.41 Å². The van der Waals surface area contributed by atoms with Crippen LogP contribution in [0.2, 0.25) is 0 Å². The molecule has 0 spiro atoms. The van der Waals surface area contributed by atoms with Crippen molar-refractivity contribution in [2.75, 3.05) is 5.32 Å². The molecule has 1 aromatic rings. The number of hydrogen-bond acceptors (Lipinski definition) is 4. The maximum atomic E-state index is 11.8. The molecule has 0 unspecified atom stereocenters. The van der Waals surface area contributed by atoms with Gasteiger partial charge in [-0.25, -0.2) is 4.68 Å². The quantitative estimate of drug-likeness (QED) is 0.859. The number of anilines is 1. The minimum atomic E-state index is -0.425. The van der Waals surface area contributed by atoms with Crippen LogP contribution in [0.3, 0.4) is 0 Å². The summed E-state index contributed by atoms with van der Waals surface area (Å²) in [7, 11) is 0. The molecule has 2 rings (SSSR count). The molecule has 1 saturated carbocycles. The van der Waals surface area contributed by atoms with E-state index in [0.29, 0.717) is 19.0 Å². The van der Waals surface area contributed by atoms with Crippen LogP contribution in [0.5, 0.6) is 0 Å². The summed E-state index contributed by atoms with van der Waals surface area (Å²) >= 11 is 0. The molecule has 18 heavy (non-hydrogen) atoms. The number of nitrogens with zero attached hydrogens (tertiary/aromatic N) is 3. The monoisotopic (exact) mass is 246 g/mol. The van der Waals surface area contributed by atoms with Crippen LogP contribution in [0.4, 0.5) is 5.69 Å². The van der Waals surface area contributed by atoms with E-state index in [1.165, 1.54) is 17.5 Å². The van der Waals surface area contributed by atoms with Gasteiger partial charge in [-0.2, -0.15) is 10.4 Å². The third kappa shape index (κ3) is 3.33. The van der Waals surface area contributed by atoms with Crippen molar-refractivity contribution in [2.45, 2.75) is 45.7 Å². The molecule has 1 heterocycles. The van der Waals surface area contributed by atoms with Gasteiger partial charge in [-0.15, -0.1) is 0 Å². The minimum absolute atomic E-state index is 0.116. The number of aryl methyl sites for hydroxylation is 1. The molecule has 0 atom stereocenters. The smallest absolute Gasteiger partial charge is 0.268 e. The van der Waals surface area contributed by atoms with Gasteiger partial charge in [0.15, 0.2) is 0 Å². The van der Waals surface area contributed by atoms with Crippen LogP contribution >= 0.6 is 0 Å². The molecular formula is C13H18N4O. The normalized spacial score (nSPS) is 15.2. The Balaban J connectivity index is 2.01. The Kier molecular flexibility index (Phi) is 3.37. The van der Waals surface area contributed by atoms with Gasteiger partial charge in [0.05, 0.1) is 23.4 Å². The van der Waals surface area contributed by atoms with E-state index in [-0.39, 0.29) is 5.56 Å². The van der Waals surface area contributed by atoms with E-state index >= 15 is 0 Å². The lowest BCUT2D eigenvalue weighted by atomic mass is 9.92. The number of rotatable bonds is 5. The maximum absolute atomic E-state index is 11.8. The predicted molar refractivity (Wildman–Crippen MR) is 69.2 cm³/mol. The lowest BCUT2D eigenvalue weighted by Crippen LogP contribution is -2.25. The Labute approximate surface area is 106 Å². The Morgan fingerprint density at radius 3 is 2.89 bits per heavy atom. The first-order valence-corrected chi connectivity index (χ1v) is 6.25. The molecule has 5 nitrogen and oxygen atoms in total. The van der Waals surface area contributed by atoms with E-state index in [1.807, 2.05) is 13.8 Å². The second-order valence-electron chi connectivity index (χ2n) is 5.47. The molecule has 0 aliphatic heterocycles. The highest BCUT2D eigenvalue weighted by molar-refractivity contribution is 5.41. The standard InChI is InChI=1S/C13H18N4O/c1-13(2,9-14)5-6-17-12(18)7-11(8-15-17)16-10-3-4-10/h7-8,10,16H,3-6H2,1-2H3. The lowest BCUT2D eigenvalue weighted by molar-refractivity contribution is 0.391. The van der Waals surface area contributed by atoms with Gasteiger partial charge in [-0.3, -0.25) is 4.79 Å². The zero-order chi connectivity index (χ0) is 13.2. The van der Waals surface area contributed by atoms with Gasteiger partial charge < -0.3 is 5.32 Å². The second-order valence-corrected chi connectivity index (χ2v) is 5.47. The number of nitrogens with one attached hydrogen (secondary N) is 1. The van der Waals surface area contributed by atoms with E-state index in [9.17, 15) is 4.79 Å². The van der Waals surface area contributed by atoms with E-state index in [4.69, 9.17) is 5.26 Å². The Bertz CT molecular complexity index is 523. The summed E-state index contributed by atoms with van der Waals surface area (Å²) in [5.74, 6) is 0. The summed E-state index contributed by atoms with van der Waals surface area (Å²) in [6.07, 6.45) is 4.63. The van der Waals surface area contributed by atoms with Crippen LogP contribution in [0.25, 0.3) is 0 Å². The van der Waals surface area contributed by atoms with Crippen LogP contribution in [0.1, 0.15) is 33.1 Å². The van der Waals surface area contributed by atoms with Gasteiger partial charge in [-0.1, -0.05) is 0 Å². The molecule has 0 aromatic carbocycles. The van der Waals surface area contributed by atoms with Crippen molar-refractivity contribution in [1.82, 2.24) is 9.78 Å². The zero-order valence-electron chi connectivity index (χ0n) is 10.8. The maximum Gasteiger partial charge on any atom is 0.268 e. The molecular weight excluding hydrogens is 228 g/mol. The molecule has 1 aliphatic rings. The first-order valence-electron chi connectivity index (χ1n) is 6.25. The molecule has 1 aliphatic carbocycles. The molecule has 0 saturated heterocycles. The third-order valence-electron chi connectivity index (χ3n) is 3.07. The van der Waals surface area contributed by atoms with Crippen LogP contribution in [-0.4, -0.2) is 15.8 Å². The molecule has 0 amide bonds. The van der Waals surface area contributed by atoms with Crippen molar-refractivity contribution < 1.29 is 0 Å². The fourth-order valence-corrected chi connectivity index (χ4v) is 1.59. The van der Waals surface area contributed by atoms with Crippen LogP contribution in [0, 0.1) is 16.7 Å². The average molecular weight is 246 g/mol. The van der Waals surface area contributed by atoms with E-state index in [0.717, 1.165) is 5.69 Å². The second kappa shape index (κ2) is 4.81. The number of hydrogen-bond donors (Lipinski definition) is 1. The summed E-state index contributed by atoms with van der Waals surface area (Å²) < 4.78 is 1.41. The van der Waals surface area contributed by atoms with Gasteiger partial charge >= 0.3 is 0 Å². The fourth-order valence-electron chi connectivity index (χ4n) is 1.59. The van der Waals surface area contributed by atoms with Crippen molar-refractivity contribution in [1.29, 1.82) is 5.26 Å². The Morgan fingerprint density at radius 1 is 1.61 bits per heavy atom. The highest BCUT2D eigenvalue weighted by atomic mass is 16.1. The molecule has 1 fully saturated rings. The molecule has 1 aromatic heterocycles. The summed E-state index contributed by atoms with van der Waals surface area (Å²) in [5, 5.41) is 16.3. The molecule has 0 radical (unpaired) electrons. The van der Waals surface area contributed by atoms with Gasteiger partial charge in [-0.05, 0) is 33.1 Å². The van der Waals surface area contributed by atoms with Gasteiger partial charge in [0.2, 0.25) is 0 Å². The van der Waals surface area contributed by atoms with Gasteiger partial charge in [0, 0.05) is 18.7 Å². The predicted octanol–water partition coefficient (Wildman–Crippen LogP) is 1.76. The van der Waals surface area contributed by atoms with Crippen LogP contribution in [-0.2, 0) is 6.54 Å². The highest BCUT2D eigenvalue weighted by Crippen LogP contribution is 2.23. The largest absolute Gasteiger partial charge is 0.381 e. The SMILES string of the molecule is CC(C)(C#N)CCn1ncc(NC2CC2)cc1=O. The highest BCUT2D eigenvalue weighted by Gasteiger charge is 2.21. The fraction of sp³-hybridized carbons (Fsp3) is 0.615. The first kappa shape index (κ1) is 12.6. The third-order valence-corrected chi connectivity index (χ3v) is 3.07. The summed E-state index contributed by atoms with van der Waals surface area (Å²) in [6, 6.07) is 4.31. The topological polar surface area (TPSA) is 70.7 Å². The summed E-state index contributed by atoms with van der Waals surface area (Å²) in [5.41, 5.74) is 0.249. The van der Waals surface area contributed by atoms with E-state index in [1.54, 1.807) is 12.3 Å². The number of aromatic nitrogens is 2. The molecule has 96 valence electrons. The Morgan fingerprint density at radius 2 is 2.33 bits per heavy atom. The van der Waals surface area contributed by atoms with Crippen molar-refractivity contribution in [3.05, 3.63) is 22.6 Å². The number of nitriles is 1. The van der Waals surface area contributed by atoms with Gasteiger partial charge in [0.25, 0.3) is 5.56 Å².